The van der Waals surface area contributed by atoms with Crippen LogP contribution in [0.3, 0.4) is 0 Å². The average Bonchev–Trinajstić information content (AvgIpc) is 3.63. The van der Waals surface area contributed by atoms with E-state index in [4.69, 9.17) is 16.3 Å². The Kier molecular flexibility index (Phi) is 4.76. The highest BCUT2D eigenvalue weighted by Crippen LogP contribution is 2.45. The molecule has 0 spiro atoms. The molecule has 2 amide bonds. The largest absolute Gasteiger partial charge is 0.484 e. The number of carbonyl (C=O) groups excluding carboxylic acids is 1. The third-order valence-electron chi connectivity index (χ3n) is 6.60. The molecule has 0 radical (unpaired) electrons. The van der Waals surface area contributed by atoms with Gasteiger partial charge in [0.05, 0.1) is 23.6 Å². The van der Waals surface area contributed by atoms with Crippen LogP contribution in [0.25, 0.3) is 0 Å². The summed E-state index contributed by atoms with van der Waals surface area (Å²) in [5, 5.41) is 3.38. The number of aromatic nitrogens is 2. The molecular weight excluding hydrogens is 443 g/mol. The maximum absolute atomic E-state index is 14.3. The van der Waals surface area contributed by atoms with E-state index in [-0.39, 0.29) is 11.8 Å². The third-order valence-corrected chi connectivity index (χ3v) is 6.79. The number of halogens is 2. The molecule has 33 heavy (non-hydrogen) atoms. The summed E-state index contributed by atoms with van der Waals surface area (Å²) in [6.07, 6.45) is 4.69. The number of hydrogen-bond donors (Lipinski definition) is 1. The van der Waals surface area contributed by atoms with Crippen LogP contribution >= 0.6 is 11.6 Å². The van der Waals surface area contributed by atoms with Gasteiger partial charge in [-0.2, -0.15) is 0 Å². The molecule has 168 valence electrons. The Bertz CT molecular complexity index is 1290. The molecule has 6 nitrogen and oxygen atoms in total. The Balaban J connectivity index is 1.35. The predicted molar refractivity (Wildman–Crippen MR) is 123 cm³/mol. The summed E-state index contributed by atoms with van der Waals surface area (Å²) < 4.78 is 20.5. The number of anilines is 2. The smallest absolute Gasteiger partial charge is 0.326 e. The molecule has 0 unspecified atom stereocenters. The van der Waals surface area contributed by atoms with Crippen LogP contribution in [-0.4, -0.2) is 16.0 Å². The van der Waals surface area contributed by atoms with Crippen LogP contribution in [0.2, 0.25) is 5.15 Å². The molecule has 1 aliphatic carbocycles. The number of benzene rings is 1. The van der Waals surface area contributed by atoms with Crippen LogP contribution in [-0.2, 0) is 13.0 Å². The number of aryl methyl sites for hydroxylation is 2. The van der Waals surface area contributed by atoms with E-state index in [2.05, 4.69) is 21.4 Å². The molecule has 3 aromatic rings. The minimum Gasteiger partial charge on any atom is -0.484 e. The highest BCUT2D eigenvalue weighted by molar-refractivity contribution is 6.29. The Hall–Kier alpha value is -3.19. The summed E-state index contributed by atoms with van der Waals surface area (Å²) in [6, 6.07) is 8.41. The van der Waals surface area contributed by atoms with Crippen LogP contribution in [0.1, 0.15) is 59.4 Å². The topological polar surface area (TPSA) is 67.4 Å². The zero-order valence-electron chi connectivity index (χ0n) is 18.1. The number of carbonyl (C=O) groups is 1. The van der Waals surface area contributed by atoms with Crippen molar-refractivity contribution in [1.82, 2.24) is 9.97 Å². The second kappa shape index (κ2) is 7.70. The molecule has 0 bridgehead atoms. The molecule has 4 heterocycles. The van der Waals surface area contributed by atoms with E-state index in [1.165, 1.54) is 6.07 Å². The molecule has 2 aliphatic heterocycles. The standard InChI is InChI=1S/C25H22ClFN4O2/c1-13-9-15-6-7-20(24-17(27)3-2-8-28-24)33-21(15)11-19(13)31-12-16-18(29-25(31)32)10-22(26)30-23(16)14-4-5-14/h2-3,8-11,14,20H,4-7,12H2,1H3,(H,29,32)/t20-/m0/s1. The quantitative estimate of drug-likeness (QED) is 0.477. The minimum absolute atomic E-state index is 0.224. The average molecular weight is 465 g/mol. The van der Waals surface area contributed by atoms with Crippen LogP contribution in [0, 0.1) is 12.7 Å². The van der Waals surface area contributed by atoms with Crippen LogP contribution in [0.4, 0.5) is 20.6 Å². The molecule has 6 rings (SSSR count). The lowest BCUT2D eigenvalue weighted by atomic mass is 9.96. The summed E-state index contributed by atoms with van der Waals surface area (Å²) in [5.74, 6) is 0.688. The summed E-state index contributed by atoms with van der Waals surface area (Å²) in [4.78, 5) is 23.5. The van der Waals surface area contributed by atoms with Gasteiger partial charge >= 0.3 is 6.03 Å². The first-order valence-corrected chi connectivity index (χ1v) is 11.5. The number of pyridine rings is 2. The summed E-state index contributed by atoms with van der Waals surface area (Å²) in [6.45, 7) is 2.40. The molecular formula is C25H22ClFN4O2. The Morgan fingerprint density at radius 3 is 2.85 bits per heavy atom. The first-order chi connectivity index (χ1) is 16.0. The van der Waals surface area contributed by atoms with Gasteiger partial charge in [-0.05, 0) is 61.9 Å². The fourth-order valence-corrected chi connectivity index (χ4v) is 5.00. The van der Waals surface area contributed by atoms with Gasteiger partial charge in [0, 0.05) is 23.7 Å². The molecule has 8 heteroatoms. The van der Waals surface area contributed by atoms with Gasteiger partial charge in [-0.15, -0.1) is 0 Å². The summed E-state index contributed by atoms with van der Waals surface area (Å²) in [7, 11) is 0. The van der Waals surface area contributed by atoms with E-state index in [0.717, 1.165) is 53.0 Å². The first kappa shape index (κ1) is 20.4. The van der Waals surface area contributed by atoms with Crippen molar-refractivity contribution in [3.8, 4) is 5.75 Å². The molecule has 1 aromatic carbocycles. The number of amides is 2. The van der Waals surface area contributed by atoms with Gasteiger partial charge in [0.2, 0.25) is 0 Å². The lowest BCUT2D eigenvalue weighted by Crippen LogP contribution is -2.40. The highest BCUT2D eigenvalue weighted by atomic mass is 35.5. The Labute approximate surface area is 195 Å². The van der Waals surface area contributed by atoms with E-state index in [1.54, 1.807) is 23.2 Å². The fourth-order valence-electron chi connectivity index (χ4n) is 4.80. The summed E-state index contributed by atoms with van der Waals surface area (Å²) >= 11 is 6.21. The fraction of sp³-hybridized carbons (Fsp3) is 0.320. The molecule has 1 N–H and O–H groups in total. The van der Waals surface area contributed by atoms with Gasteiger partial charge in [0.1, 0.15) is 28.5 Å². The highest BCUT2D eigenvalue weighted by Gasteiger charge is 2.35. The zero-order valence-corrected chi connectivity index (χ0v) is 18.8. The minimum atomic E-state index is -0.460. The second-order valence-electron chi connectivity index (χ2n) is 8.91. The lowest BCUT2D eigenvalue weighted by Gasteiger charge is -2.33. The third kappa shape index (κ3) is 3.60. The van der Waals surface area contributed by atoms with Crippen LogP contribution < -0.4 is 15.0 Å². The number of nitrogens with one attached hydrogen (secondary N) is 1. The van der Waals surface area contributed by atoms with Crippen molar-refractivity contribution >= 4 is 29.0 Å². The van der Waals surface area contributed by atoms with Crippen molar-refractivity contribution in [3.63, 3.8) is 0 Å². The van der Waals surface area contributed by atoms with E-state index in [9.17, 15) is 9.18 Å². The monoisotopic (exact) mass is 464 g/mol. The zero-order chi connectivity index (χ0) is 22.7. The van der Waals surface area contributed by atoms with Gasteiger partial charge in [-0.3, -0.25) is 9.88 Å². The van der Waals surface area contributed by atoms with Gasteiger partial charge in [0.15, 0.2) is 0 Å². The number of nitrogens with zero attached hydrogens (tertiary/aromatic N) is 3. The maximum atomic E-state index is 14.3. The van der Waals surface area contributed by atoms with Crippen molar-refractivity contribution in [2.75, 3.05) is 10.2 Å². The number of rotatable bonds is 3. The van der Waals surface area contributed by atoms with Crippen molar-refractivity contribution in [2.24, 2.45) is 0 Å². The van der Waals surface area contributed by atoms with E-state index in [0.29, 0.717) is 35.5 Å². The number of hydrogen-bond acceptors (Lipinski definition) is 4. The maximum Gasteiger partial charge on any atom is 0.326 e. The van der Waals surface area contributed by atoms with Crippen molar-refractivity contribution in [3.05, 3.63) is 75.6 Å². The van der Waals surface area contributed by atoms with Gasteiger partial charge in [0.25, 0.3) is 0 Å². The van der Waals surface area contributed by atoms with Gasteiger partial charge in [-0.25, -0.2) is 14.2 Å². The SMILES string of the molecule is Cc1cc2c(cc1N1Cc3c(cc(Cl)nc3C3CC3)NC1=O)O[C@H](c1ncccc1F)CC2. The van der Waals surface area contributed by atoms with E-state index < -0.39 is 6.10 Å². The van der Waals surface area contributed by atoms with Crippen molar-refractivity contribution in [1.29, 1.82) is 0 Å². The van der Waals surface area contributed by atoms with Crippen molar-refractivity contribution < 1.29 is 13.9 Å². The van der Waals surface area contributed by atoms with Gasteiger partial charge in [-0.1, -0.05) is 17.7 Å². The van der Waals surface area contributed by atoms with Gasteiger partial charge < -0.3 is 10.1 Å². The number of ether oxygens (including phenoxy) is 1. The van der Waals surface area contributed by atoms with Crippen molar-refractivity contribution in [2.45, 2.75) is 51.2 Å². The molecule has 2 aromatic heterocycles. The van der Waals surface area contributed by atoms with E-state index >= 15 is 0 Å². The lowest BCUT2D eigenvalue weighted by molar-refractivity contribution is 0.167. The molecule has 1 atom stereocenters. The first-order valence-electron chi connectivity index (χ1n) is 11.2. The predicted octanol–water partition coefficient (Wildman–Crippen LogP) is 6.07. The molecule has 0 saturated heterocycles. The molecule has 1 fully saturated rings. The summed E-state index contributed by atoms with van der Waals surface area (Å²) in [5.41, 5.74) is 5.81. The molecule has 1 saturated carbocycles. The second-order valence-corrected chi connectivity index (χ2v) is 9.30. The Morgan fingerprint density at radius 2 is 2.06 bits per heavy atom. The van der Waals surface area contributed by atoms with Crippen LogP contribution in [0.15, 0.2) is 36.5 Å². The number of fused-ring (bicyclic) bond motifs is 2. The van der Waals surface area contributed by atoms with Crippen LogP contribution in [0.5, 0.6) is 5.75 Å². The Morgan fingerprint density at radius 1 is 1.21 bits per heavy atom. The van der Waals surface area contributed by atoms with E-state index in [1.807, 2.05) is 13.0 Å². The normalized spacial score (nSPS) is 19.4. The number of urea groups is 1. The molecule has 3 aliphatic rings.